The Hall–Kier alpha value is -2.04. The van der Waals surface area contributed by atoms with Crippen LogP contribution in [-0.4, -0.2) is 59.9 Å². The fourth-order valence-electron chi connectivity index (χ4n) is 5.43. The Morgan fingerprint density at radius 1 is 0.596 bits per heavy atom. The van der Waals surface area contributed by atoms with E-state index in [1.165, 1.54) is 77.0 Å². The molecular formula is C40H74NO10P. The van der Waals surface area contributed by atoms with Gasteiger partial charge in [-0.3, -0.25) is 23.4 Å². The van der Waals surface area contributed by atoms with Crippen molar-refractivity contribution in [3.8, 4) is 0 Å². The number of rotatable bonds is 38. The number of carboxylic acids is 1. The number of phosphoric ester groups is 1. The van der Waals surface area contributed by atoms with Gasteiger partial charge in [0.1, 0.15) is 12.6 Å². The average molecular weight is 760 g/mol. The number of aliphatic carboxylic acids is 1. The maximum atomic E-state index is 12.6. The number of allylic oxidation sites excluding steroid dienone is 4. The van der Waals surface area contributed by atoms with E-state index in [0.29, 0.717) is 12.8 Å². The molecule has 0 aromatic rings. The van der Waals surface area contributed by atoms with E-state index < -0.39 is 51.1 Å². The molecule has 0 bridgehead atoms. The van der Waals surface area contributed by atoms with Crippen LogP contribution >= 0.6 is 7.82 Å². The van der Waals surface area contributed by atoms with E-state index in [0.717, 1.165) is 64.2 Å². The summed E-state index contributed by atoms with van der Waals surface area (Å²) in [5.74, 6) is -2.39. The minimum absolute atomic E-state index is 0.147. The zero-order valence-electron chi connectivity index (χ0n) is 32.7. The van der Waals surface area contributed by atoms with E-state index in [2.05, 4.69) is 42.7 Å². The van der Waals surface area contributed by atoms with E-state index in [-0.39, 0.29) is 19.4 Å². The van der Waals surface area contributed by atoms with Crippen molar-refractivity contribution in [3.05, 3.63) is 24.3 Å². The van der Waals surface area contributed by atoms with E-state index in [1.54, 1.807) is 0 Å². The van der Waals surface area contributed by atoms with Crippen molar-refractivity contribution in [2.24, 2.45) is 5.73 Å². The van der Waals surface area contributed by atoms with Crippen molar-refractivity contribution in [3.63, 3.8) is 0 Å². The van der Waals surface area contributed by atoms with Gasteiger partial charge in [0.25, 0.3) is 0 Å². The number of hydrogen-bond acceptors (Lipinski definition) is 9. The van der Waals surface area contributed by atoms with Crippen LogP contribution in [0.5, 0.6) is 0 Å². The van der Waals surface area contributed by atoms with Crippen molar-refractivity contribution >= 4 is 25.7 Å². The van der Waals surface area contributed by atoms with Gasteiger partial charge in [0.05, 0.1) is 13.2 Å². The second-order valence-corrected chi connectivity index (χ2v) is 15.2. The molecule has 0 amide bonds. The standard InChI is InChI=1S/C40H74NO10P/c1-3-5-7-9-11-13-15-17-19-21-23-25-27-29-31-38(42)48-33-36(34-49-52(46,47)50-35-37(41)40(44)45)51-39(43)32-30-28-26-24-22-20-18-16-14-12-10-8-6-4-2/h10,12,16,18,36-37H,3-9,11,13-15,17,19-35,41H2,1-2H3,(H,44,45)(H,46,47)/b12-10-,18-16-/t36-,37+/m1/s1. The number of esters is 2. The predicted octanol–water partition coefficient (Wildman–Crippen LogP) is 10.3. The van der Waals surface area contributed by atoms with Crippen molar-refractivity contribution in [2.75, 3.05) is 19.8 Å². The van der Waals surface area contributed by atoms with Crippen LogP contribution in [0.1, 0.15) is 181 Å². The molecule has 11 nitrogen and oxygen atoms in total. The Bertz CT molecular complexity index is 989. The molecule has 0 saturated heterocycles. The van der Waals surface area contributed by atoms with Crippen LogP contribution in [0.15, 0.2) is 24.3 Å². The molecule has 0 aromatic carbocycles. The number of ether oxygens (including phenoxy) is 2. The molecule has 52 heavy (non-hydrogen) atoms. The van der Waals surface area contributed by atoms with Gasteiger partial charge in [-0.2, -0.15) is 0 Å². The molecule has 0 heterocycles. The fraction of sp³-hybridized carbons (Fsp3) is 0.825. The van der Waals surface area contributed by atoms with Crippen molar-refractivity contribution in [2.45, 2.75) is 193 Å². The summed E-state index contributed by atoms with van der Waals surface area (Å²) >= 11 is 0. The molecule has 0 radical (unpaired) electrons. The third-order valence-corrected chi connectivity index (χ3v) is 9.65. The molecule has 0 fully saturated rings. The van der Waals surface area contributed by atoms with Gasteiger partial charge in [0.15, 0.2) is 6.10 Å². The summed E-state index contributed by atoms with van der Waals surface area (Å²) in [6.45, 7) is 2.74. The van der Waals surface area contributed by atoms with Crippen molar-refractivity contribution in [1.29, 1.82) is 0 Å². The topological polar surface area (TPSA) is 172 Å². The molecule has 0 aromatic heterocycles. The van der Waals surface area contributed by atoms with Gasteiger partial charge in [0, 0.05) is 12.8 Å². The second-order valence-electron chi connectivity index (χ2n) is 13.8. The lowest BCUT2D eigenvalue weighted by Gasteiger charge is -2.20. The van der Waals surface area contributed by atoms with Gasteiger partial charge in [-0.15, -0.1) is 0 Å². The van der Waals surface area contributed by atoms with Crippen molar-refractivity contribution in [1.82, 2.24) is 0 Å². The zero-order chi connectivity index (χ0) is 38.5. The number of carboxylic acid groups (broad SMARTS) is 1. The van der Waals surface area contributed by atoms with Crippen LogP contribution in [0.4, 0.5) is 0 Å². The summed E-state index contributed by atoms with van der Waals surface area (Å²) in [6.07, 6.45) is 35.2. The highest BCUT2D eigenvalue weighted by Crippen LogP contribution is 2.43. The molecule has 0 spiro atoms. The highest BCUT2D eigenvalue weighted by molar-refractivity contribution is 7.47. The van der Waals surface area contributed by atoms with Crippen LogP contribution in [0, 0.1) is 0 Å². The lowest BCUT2D eigenvalue weighted by atomic mass is 10.0. The summed E-state index contributed by atoms with van der Waals surface area (Å²) in [4.78, 5) is 45.8. The van der Waals surface area contributed by atoms with Crippen LogP contribution < -0.4 is 5.73 Å². The molecule has 0 saturated carbocycles. The molecule has 1 unspecified atom stereocenters. The lowest BCUT2D eigenvalue weighted by molar-refractivity contribution is -0.161. The SMILES string of the molecule is CCCC/C=C\C/C=C\CCCCCCCC(=O)O[C@H](COC(=O)CCCCCCCCCCCCCCCC)COP(=O)(O)OC[C@H](N)C(=O)O. The first-order valence-electron chi connectivity index (χ1n) is 20.4. The number of hydrogen-bond donors (Lipinski definition) is 3. The maximum Gasteiger partial charge on any atom is 0.472 e. The van der Waals surface area contributed by atoms with Crippen LogP contribution in [0.2, 0.25) is 0 Å². The molecule has 0 aliphatic heterocycles. The number of carbonyl (C=O) groups excluding carboxylic acids is 2. The average Bonchev–Trinajstić information content (AvgIpc) is 3.12. The van der Waals surface area contributed by atoms with Crippen LogP contribution in [0.25, 0.3) is 0 Å². The van der Waals surface area contributed by atoms with Crippen LogP contribution in [0.3, 0.4) is 0 Å². The molecule has 0 aliphatic rings. The molecule has 3 atom stereocenters. The number of nitrogens with two attached hydrogens (primary N) is 1. The first kappa shape index (κ1) is 50.0. The molecule has 0 aliphatic carbocycles. The predicted molar refractivity (Wildman–Crippen MR) is 208 cm³/mol. The summed E-state index contributed by atoms with van der Waals surface area (Å²) in [6, 6.07) is -1.52. The summed E-state index contributed by atoms with van der Waals surface area (Å²) in [7, 11) is -4.71. The minimum Gasteiger partial charge on any atom is -0.480 e. The zero-order valence-corrected chi connectivity index (χ0v) is 33.5. The van der Waals surface area contributed by atoms with Crippen LogP contribution in [-0.2, 0) is 37.5 Å². The van der Waals surface area contributed by atoms with E-state index in [9.17, 15) is 23.8 Å². The Morgan fingerprint density at radius 2 is 1.04 bits per heavy atom. The number of phosphoric acid groups is 1. The van der Waals surface area contributed by atoms with Gasteiger partial charge >= 0.3 is 25.7 Å². The molecule has 4 N–H and O–H groups in total. The van der Waals surface area contributed by atoms with Gasteiger partial charge in [0.2, 0.25) is 0 Å². The molecule has 12 heteroatoms. The molecule has 0 rings (SSSR count). The maximum absolute atomic E-state index is 12.6. The van der Waals surface area contributed by atoms with Crippen molar-refractivity contribution < 1.29 is 47.5 Å². The molecular weight excluding hydrogens is 685 g/mol. The summed E-state index contributed by atoms with van der Waals surface area (Å²) in [5.41, 5.74) is 5.32. The van der Waals surface area contributed by atoms with Gasteiger partial charge < -0.3 is 25.2 Å². The normalized spacial score (nSPS) is 14.1. The highest BCUT2D eigenvalue weighted by Gasteiger charge is 2.28. The monoisotopic (exact) mass is 760 g/mol. The van der Waals surface area contributed by atoms with E-state index in [4.69, 9.17) is 24.8 Å². The first-order valence-corrected chi connectivity index (χ1v) is 21.9. The number of unbranched alkanes of at least 4 members (excludes halogenated alkanes) is 20. The third kappa shape index (κ3) is 35.0. The van der Waals surface area contributed by atoms with Gasteiger partial charge in [-0.05, 0) is 38.5 Å². The van der Waals surface area contributed by atoms with Gasteiger partial charge in [-0.25, -0.2) is 4.57 Å². The smallest absolute Gasteiger partial charge is 0.472 e. The Balaban J connectivity index is 4.41. The van der Waals surface area contributed by atoms with E-state index in [1.807, 2.05) is 0 Å². The Kier molecular flexibility index (Phi) is 34.6. The highest BCUT2D eigenvalue weighted by atomic mass is 31.2. The van der Waals surface area contributed by atoms with Gasteiger partial charge in [-0.1, -0.05) is 154 Å². The third-order valence-electron chi connectivity index (χ3n) is 8.70. The minimum atomic E-state index is -4.71. The molecule has 304 valence electrons. The Labute approximate surface area is 315 Å². The van der Waals surface area contributed by atoms with E-state index >= 15 is 0 Å². The lowest BCUT2D eigenvalue weighted by Crippen LogP contribution is -2.34. The first-order chi connectivity index (χ1) is 25.1. The Morgan fingerprint density at radius 3 is 1.56 bits per heavy atom. The fourth-order valence-corrected chi connectivity index (χ4v) is 6.21. The quantitative estimate of drug-likeness (QED) is 0.0237. The second kappa shape index (κ2) is 36.0. The largest absolute Gasteiger partial charge is 0.480 e. The summed E-state index contributed by atoms with van der Waals surface area (Å²) in [5, 5.41) is 8.87. The summed E-state index contributed by atoms with van der Waals surface area (Å²) < 4.78 is 32.6. The number of carbonyl (C=O) groups is 3.